The summed E-state index contributed by atoms with van der Waals surface area (Å²) >= 11 is 0. The van der Waals surface area contributed by atoms with E-state index in [2.05, 4.69) is 0 Å². The zero-order valence-corrected chi connectivity index (χ0v) is 13.2. The van der Waals surface area contributed by atoms with Gasteiger partial charge in [0.2, 0.25) is 0 Å². The van der Waals surface area contributed by atoms with Crippen LogP contribution in [0.5, 0.6) is 0 Å². The van der Waals surface area contributed by atoms with Crippen LogP contribution >= 0.6 is 0 Å². The molecule has 0 heterocycles. The first-order valence-corrected chi connectivity index (χ1v) is 2.83. The Bertz CT molecular complexity index is 34.1. The molecular weight excluding hydrogens is 406 g/mol. The molecule has 0 aromatic carbocycles. The van der Waals surface area contributed by atoms with Crippen molar-refractivity contribution in [2.45, 2.75) is 39.9 Å². The number of rotatable bonds is 0. The van der Waals surface area contributed by atoms with Crippen molar-refractivity contribution >= 4 is 0 Å². The van der Waals surface area contributed by atoms with E-state index in [0.717, 1.165) is 0 Å². The maximum atomic E-state index is 8.06. The van der Waals surface area contributed by atoms with E-state index in [-0.39, 0.29) is 81.9 Å². The van der Waals surface area contributed by atoms with E-state index in [1.165, 1.54) is 0 Å². The third kappa shape index (κ3) is 281. The van der Waals surface area contributed by atoms with Gasteiger partial charge in [-0.25, -0.2) is 0 Å². The minimum absolute atomic E-state index is 0. The second kappa shape index (κ2) is 22.7. The summed E-state index contributed by atoms with van der Waals surface area (Å²) in [6.07, 6.45) is -0.333. The van der Waals surface area contributed by atoms with Gasteiger partial charge in [0.1, 0.15) is 0 Å². The molecule has 0 unspecified atom stereocenters. The topological polar surface area (TPSA) is 40.5 Å². The first-order valence-electron chi connectivity index (χ1n) is 2.83. The molecule has 0 aromatic heterocycles. The van der Waals surface area contributed by atoms with E-state index >= 15 is 0 Å². The van der Waals surface area contributed by atoms with Gasteiger partial charge in [0, 0.05) is 12.2 Å². The van der Waals surface area contributed by atoms with E-state index in [9.17, 15) is 0 Å². The molecule has 70 valence electrons. The fourth-order valence-electron chi connectivity index (χ4n) is 0. The summed E-state index contributed by atoms with van der Waals surface area (Å²) in [5.74, 6) is 0. The predicted octanol–water partition coefficient (Wildman–Crippen LogP) is -5.22. The molecule has 0 aliphatic heterocycles. The molecule has 0 radical (unpaired) electrons. The fourth-order valence-corrected chi connectivity index (χ4v) is 0. The molecule has 0 saturated heterocycles. The number of aliphatic hydroxyl groups excluding tert-OH is 2. The van der Waals surface area contributed by atoms with E-state index in [4.69, 9.17) is 10.2 Å². The zero-order chi connectivity index (χ0) is 7.15. The van der Waals surface area contributed by atoms with Crippen LogP contribution in [-0.4, -0.2) is 22.4 Å². The molecule has 0 aliphatic rings. The van der Waals surface area contributed by atoms with Gasteiger partial charge in [0.25, 0.3) is 0 Å². The van der Waals surface area contributed by atoms with Crippen molar-refractivity contribution < 1.29 is 79.9 Å². The Morgan fingerprint density at radius 3 is 0.727 bits per heavy atom. The fraction of sp³-hybridized carbons (Fsp3) is 1.00. The minimum Gasteiger partial charge on any atom is -1.00 e. The van der Waals surface area contributed by atoms with Gasteiger partial charge >= 0.3 is 21.7 Å². The van der Waals surface area contributed by atoms with Gasteiger partial charge in [-0.05, 0) is 27.7 Å². The summed E-state index contributed by atoms with van der Waals surface area (Å²) in [5.41, 5.74) is 0. The van der Waals surface area contributed by atoms with Gasteiger partial charge in [-0.3, -0.25) is 0 Å². The van der Waals surface area contributed by atoms with Crippen LogP contribution in [0.4, 0.5) is 0 Å². The Morgan fingerprint density at radius 1 is 0.727 bits per heavy atom. The van der Waals surface area contributed by atoms with Crippen LogP contribution in [-0.2, 0) is 21.7 Å². The molecule has 5 heteroatoms. The molecule has 0 rings (SSSR count). The summed E-state index contributed by atoms with van der Waals surface area (Å²) in [4.78, 5) is 0. The number of halogens is 2. The van der Waals surface area contributed by atoms with Gasteiger partial charge in [-0.2, -0.15) is 0 Å². The summed E-state index contributed by atoms with van der Waals surface area (Å²) in [6.45, 7) is 6.89. The van der Waals surface area contributed by atoms with Crippen molar-refractivity contribution in [1.29, 1.82) is 0 Å². The molecule has 0 bridgehead atoms. The second-order valence-electron chi connectivity index (χ2n) is 2.19. The van der Waals surface area contributed by atoms with Crippen LogP contribution in [0.15, 0.2) is 0 Å². The van der Waals surface area contributed by atoms with E-state index < -0.39 is 0 Å². The number of hydrogen-bond acceptors (Lipinski definition) is 2. The summed E-state index contributed by atoms with van der Waals surface area (Å²) in [5, 5.41) is 16.1. The third-order valence-electron chi connectivity index (χ3n) is 0. The average Bonchev–Trinajstić information content (AvgIpc) is 1.25. The van der Waals surface area contributed by atoms with E-state index in [1.54, 1.807) is 27.7 Å². The Balaban J connectivity index is -0.0000000171. The molecule has 0 amide bonds. The van der Waals surface area contributed by atoms with Crippen LogP contribution in [0.25, 0.3) is 0 Å². The van der Waals surface area contributed by atoms with Crippen LogP contribution in [0.3, 0.4) is 0 Å². The molecule has 0 spiro atoms. The van der Waals surface area contributed by atoms with Crippen LogP contribution in [0, 0.1) is 0 Å². The molecule has 2 nitrogen and oxygen atoms in total. The molecular formula is C6H16I2O2Ti. The van der Waals surface area contributed by atoms with Crippen molar-refractivity contribution in [3.05, 3.63) is 0 Å². The third-order valence-corrected chi connectivity index (χ3v) is 0. The van der Waals surface area contributed by atoms with Gasteiger partial charge in [-0.1, -0.05) is 0 Å². The molecule has 0 aromatic rings. The van der Waals surface area contributed by atoms with Gasteiger partial charge in [0.05, 0.1) is 0 Å². The quantitative estimate of drug-likeness (QED) is 0.303. The van der Waals surface area contributed by atoms with Crippen LogP contribution < -0.4 is 48.0 Å². The normalized spacial score (nSPS) is 6.55. The zero-order valence-electron chi connectivity index (χ0n) is 7.31. The smallest absolute Gasteiger partial charge is 1.00 e. The Kier molecular flexibility index (Phi) is 60.4. The van der Waals surface area contributed by atoms with E-state index in [0.29, 0.717) is 0 Å². The Hall–Kier alpha value is 2.09. The number of hydrogen-bond donors (Lipinski definition) is 2. The minimum atomic E-state index is -0.167. The van der Waals surface area contributed by atoms with Crippen LogP contribution in [0.2, 0.25) is 0 Å². The Labute approximate surface area is 118 Å². The molecule has 11 heavy (non-hydrogen) atoms. The standard InChI is InChI=1S/2C3H8O.2HI.Ti/c2*1-3(2)4;;;/h2*3-4H,1-2H3;2*1H;/q;;;;+2/p-2. The molecule has 0 fully saturated rings. The Morgan fingerprint density at radius 2 is 0.727 bits per heavy atom. The van der Waals surface area contributed by atoms with E-state index in [1.807, 2.05) is 0 Å². The number of aliphatic hydroxyl groups is 2. The van der Waals surface area contributed by atoms with Gasteiger partial charge in [-0.15, -0.1) is 0 Å². The average molecular weight is 422 g/mol. The molecule has 0 aliphatic carbocycles. The predicted molar refractivity (Wildman–Crippen MR) is 34.7 cm³/mol. The summed E-state index contributed by atoms with van der Waals surface area (Å²) in [6, 6.07) is 0. The van der Waals surface area contributed by atoms with Crippen molar-refractivity contribution in [3.63, 3.8) is 0 Å². The maximum absolute atomic E-state index is 8.06. The first-order chi connectivity index (χ1) is 3.46. The largest absolute Gasteiger partial charge is 2.00 e. The summed E-state index contributed by atoms with van der Waals surface area (Å²) < 4.78 is 0. The van der Waals surface area contributed by atoms with Crippen molar-refractivity contribution in [2.24, 2.45) is 0 Å². The molecule has 2 N–H and O–H groups in total. The first kappa shape index (κ1) is 29.2. The SMILES string of the molecule is CC(C)O.CC(C)O.[I-].[I-].[Ti+2]. The van der Waals surface area contributed by atoms with Crippen molar-refractivity contribution in [2.75, 3.05) is 0 Å². The maximum Gasteiger partial charge on any atom is 2.00 e. The van der Waals surface area contributed by atoms with Gasteiger partial charge in [0.15, 0.2) is 0 Å². The van der Waals surface area contributed by atoms with Crippen LogP contribution in [0.1, 0.15) is 27.7 Å². The summed E-state index contributed by atoms with van der Waals surface area (Å²) in [7, 11) is 0. The van der Waals surface area contributed by atoms with Gasteiger partial charge < -0.3 is 58.2 Å². The molecule has 0 saturated carbocycles. The van der Waals surface area contributed by atoms with Crippen molar-refractivity contribution in [1.82, 2.24) is 0 Å². The van der Waals surface area contributed by atoms with Crippen molar-refractivity contribution in [3.8, 4) is 0 Å². The second-order valence-corrected chi connectivity index (χ2v) is 2.19. The molecule has 0 atom stereocenters. The monoisotopic (exact) mass is 422 g/mol.